The maximum atomic E-state index is 10.4. The lowest BCUT2D eigenvalue weighted by Crippen LogP contribution is -2.13. The van der Waals surface area contributed by atoms with Crippen LogP contribution in [0.15, 0.2) is 6.07 Å². The summed E-state index contributed by atoms with van der Waals surface area (Å²) in [5.74, 6) is 0.794. The van der Waals surface area contributed by atoms with Gasteiger partial charge >= 0.3 is 6.07 Å². The fourth-order valence-corrected chi connectivity index (χ4v) is 2.33. The number of hydrogen-bond donors (Lipinski definition) is 0. The molecule has 0 aliphatic carbocycles. The summed E-state index contributed by atoms with van der Waals surface area (Å²) in [4.78, 5) is 0. The van der Waals surface area contributed by atoms with E-state index in [2.05, 4.69) is 24.9 Å². The lowest BCUT2D eigenvalue weighted by Gasteiger charge is -2.13. The zero-order chi connectivity index (χ0) is 16.9. The van der Waals surface area contributed by atoms with Crippen molar-refractivity contribution in [3.05, 3.63) is 38.5 Å². The Bertz CT molecular complexity index is 582. The number of hydrogen-bond acceptors (Lipinski definition) is 3. The number of aryl methyl sites for hydroxylation is 2. The van der Waals surface area contributed by atoms with Gasteiger partial charge in [-0.3, -0.25) is 0 Å². The largest absolute Gasteiger partial charge is 0.498 e. The second-order valence-electron chi connectivity index (χ2n) is 6.27. The predicted molar refractivity (Wildman–Crippen MR) is 90.8 cm³/mol. The summed E-state index contributed by atoms with van der Waals surface area (Å²) in [6, 6.07) is 4.47. The van der Waals surface area contributed by atoms with Crippen LogP contribution in [0.2, 0.25) is 0 Å². The molecule has 1 aliphatic heterocycles. The van der Waals surface area contributed by atoms with Crippen molar-refractivity contribution in [3.63, 3.8) is 0 Å². The first-order valence-corrected chi connectivity index (χ1v) is 7.78. The molecule has 1 atom stereocenters. The third-order valence-electron chi connectivity index (χ3n) is 3.60. The standard InChI is InChI=1S/C15H19NO3.C3H8/c1-9-6-10(2)14(11(3)12(9)7-16-17)18-8-13-15(4,5)19-13;1-3-2/h6,13H,8H2,1-5H3;3H2,1-2H3. The summed E-state index contributed by atoms with van der Waals surface area (Å²) in [7, 11) is 0. The van der Waals surface area contributed by atoms with Crippen molar-refractivity contribution in [1.82, 2.24) is 0 Å². The van der Waals surface area contributed by atoms with Crippen molar-refractivity contribution in [2.45, 2.75) is 66.6 Å². The van der Waals surface area contributed by atoms with Crippen LogP contribution in [0.5, 0.6) is 5.75 Å². The molecule has 1 saturated heterocycles. The van der Waals surface area contributed by atoms with Crippen LogP contribution < -0.4 is 4.74 Å². The van der Waals surface area contributed by atoms with Gasteiger partial charge in [-0.25, -0.2) is 0 Å². The van der Waals surface area contributed by atoms with Gasteiger partial charge in [-0.1, -0.05) is 26.3 Å². The smallest absolute Gasteiger partial charge is 0.337 e. The molecule has 2 rings (SSSR count). The molecule has 1 aromatic carbocycles. The van der Waals surface area contributed by atoms with Crippen molar-refractivity contribution < 1.29 is 9.47 Å². The van der Waals surface area contributed by atoms with E-state index in [-0.39, 0.29) is 11.7 Å². The average Bonchev–Trinajstić information content (AvgIpc) is 3.02. The summed E-state index contributed by atoms with van der Waals surface area (Å²) in [5, 5.41) is 13.2. The molecule has 22 heavy (non-hydrogen) atoms. The van der Waals surface area contributed by atoms with E-state index in [1.54, 1.807) is 0 Å². The fraction of sp³-hybridized carbons (Fsp3) is 0.611. The van der Waals surface area contributed by atoms with Crippen LogP contribution in [0.4, 0.5) is 0 Å². The Morgan fingerprint density at radius 3 is 2.27 bits per heavy atom. The van der Waals surface area contributed by atoms with E-state index in [0.717, 1.165) is 22.4 Å². The molecule has 1 aromatic rings. The Hall–Kier alpha value is -1.73. The van der Waals surface area contributed by atoms with Crippen LogP contribution >= 0.6 is 0 Å². The minimum absolute atomic E-state index is 0.0854. The molecule has 0 amide bonds. The molecule has 0 spiro atoms. The lowest BCUT2D eigenvalue weighted by atomic mass is 9.99. The van der Waals surface area contributed by atoms with E-state index in [1.165, 1.54) is 6.42 Å². The molecule has 0 radical (unpaired) electrons. The monoisotopic (exact) mass is 305 g/mol. The minimum atomic E-state index is -0.0854. The average molecular weight is 305 g/mol. The van der Waals surface area contributed by atoms with Crippen molar-refractivity contribution in [3.8, 4) is 11.8 Å². The Labute approximate surface area is 133 Å². The molecule has 1 heterocycles. The molecular formula is C18H27NO3. The van der Waals surface area contributed by atoms with Crippen LogP contribution in [-0.4, -0.2) is 18.3 Å². The van der Waals surface area contributed by atoms with Gasteiger partial charge in [0, 0.05) is 10.6 Å². The highest BCUT2D eigenvalue weighted by Gasteiger charge is 2.48. The van der Waals surface area contributed by atoms with Crippen LogP contribution in [0.3, 0.4) is 0 Å². The predicted octanol–water partition coefficient (Wildman–Crippen LogP) is 4.76. The van der Waals surface area contributed by atoms with Crippen molar-refractivity contribution >= 4 is 0 Å². The van der Waals surface area contributed by atoms with Gasteiger partial charge in [-0.15, -0.1) is 0 Å². The SMILES string of the molecule is CCC.Cc1cc(C)c(OCC2OC2(C)C)c(C)c1C#[N+][O-]. The molecule has 1 fully saturated rings. The van der Waals surface area contributed by atoms with Gasteiger partial charge in [-0.2, -0.15) is 0 Å². The third kappa shape index (κ3) is 4.38. The highest BCUT2D eigenvalue weighted by atomic mass is 16.6. The second-order valence-corrected chi connectivity index (χ2v) is 6.27. The summed E-state index contributed by atoms with van der Waals surface area (Å²) in [6.07, 6.45) is 1.38. The Balaban J connectivity index is 0.000000745. The quantitative estimate of drug-likeness (QED) is 0.597. The Morgan fingerprint density at radius 1 is 1.27 bits per heavy atom. The molecule has 4 nitrogen and oxygen atoms in total. The van der Waals surface area contributed by atoms with Crippen LogP contribution in [0.1, 0.15) is 56.4 Å². The fourth-order valence-electron chi connectivity index (χ4n) is 2.33. The van der Waals surface area contributed by atoms with Crippen LogP contribution in [0.25, 0.3) is 5.01 Å². The summed E-state index contributed by atoms with van der Waals surface area (Å²) >= 11 is 0. The van der Waals surface area contributed by atoms with Crippen LogP contribution in [-0.2, 0) is 4.74 Å². The van der Waals surface area contributed by atoms with Crippen LogP contribution in [0, 0.1) is 32.0 Å². The highest BCUT2D eigenvalue weighted by molar-refractivity contribution is 5.55. The molecule has 0 N–H and O–H groups in total. The van der Waals surface area contributed by atoms with Crippen molar-refractivity contribution in [2.75, 3.05) is 6.61 Å². The molecular weight excluding hydrogens is 278 g/mol. The summed E-state index contributed by atoms with van der Waals surface area (Å²) < 4.78 is 11.4. The molecule has 1 unspecified atom stereocenters. The normalized spacial score (nSPS) is 17.7. The first-order chi connectivity index (χ1) is 10.3. The summed E-state index contributed by atoms with van der Waals surface area (Å²) in [5.41, 5.74) is 3.55. The zero-order valence-electron chi connectivity index (χ0n) is 14.7. The Morgan fingerprint density at radius 2 is 1.82 bits per heavy atom. The van der Waals surface area contributed by atoms with Gasteiger partial charge in [0.25, 0.3) is 0 Å². The van der Waals surface area contributed by atoms with E-state index >= 15 is 0 Å². The molecule has 1 aliphatic rings. The van der Waals surface area contributed by atoms with Crippen molar-refractivity contribution in [2.24, 2.45) is 0 Å². The first kappa shape index (κ1) is 18.3. The van der Waals surface area contributed by atoms with E-state index in [1.807, 2.05) is 40.7 Å². The number of benzene rings is 1. The van der Waals surface area contributed by atoms with E-state index in [9.17, 15) is 5.21 Å². The minimum Gasteiger partial charge on any atom is -0.498 e. The molecule has 4 heteroatoms. The number of epoxide rings is 1. The van der Waals surface area contributed by atoms with E-state index in [0.29, 0.717) is 12.2 Å². The number of nitrogens with zero attached hydrogens (tertiary/aromatic N) is 1. The maximum Gasteiger partial charge on any atom is 0.337 e. The topological polar surface area (TPSA) is 49.2 Å². The van der Waals surface area contributed by atoms with Gasteiger partial charge in [-0.05, 0) is 45.7 Å². The van der Waals surface area contributed by atoms with Gasteiger partial charge in [0.1, 0.15) is 24.0 Å². The summed E-state index contributed by atoms with van der Waals surface area (Å²) in [6.45, 7) is 14.7. The molecule has 0 saturated carbocycles. The van der Waals surface area contributed by atoms with Gasteiger partial charge < -0.3 is 14.7 Å². The van der Waals surface area contributed by atoms with E-state index in [4.69, 9.17) is 9.47 Å². The second kappa shape index (κ2) is 7.51. The maximum absolute atomic E-state index is 10.4. The highest BCUT2D eigenvalue weighted by Crippen LogP contribution is 2.36. The lowest BCUT2D eigenvalue weighted by molar-refractivity contribution is 0.252. The molecule has 122 valence electrons. The Kier molecular flexibility index (Phi) is 6.25. The van der Waals surface area contributed by atoms with Crippen molar-refractivity contribution in [1.29, 1.82) is 0 Å². The third-order valence-corrected chi connectivity index (χ3v) is 3.60. The van der Waals surface area contributed by atoms with Gasteiger partial charge in [0.15, 0.2) is 0 Å². The van der Waals surface area contributed by atoms with Gasteiger partial charge in [0.2, 0.25) is 0 Å². The number of ether oxygens (including phenoxy) is 2. The van der Waals surface area contributed by atoms with E-state index < -0.39 is 0 Å². The number of rotatable bonds is 3. The molecule has 0 aromatic heterocycles. The zero-order valence-corrected chi connectivity index (χ0v) is 14.7. The van der Waals surface area contributed by atoms with Gasteiger partial charge in [0.05, 0.1) is 5.60 Å². The molecule has 0 bridgehead atoms. The first-order valence-electron chi connectivity index (χ1n) is 7.78.